The van der Waals surface area contributed by atoms with E-state index in [4.69, 9.17) is 4.74 Å². The van der Waals surface area contributed by atoms with Gasteiger partial charge in [0.2, 0.25) is 0 Å². The summed E-state index contributed by atoms with van der Waals surface area (Å²) in [5.74, 6) is 0.920. The Morgan fingerprint density at radius 3 is 3.05 bits per heavy atom. The third kappa shape index (κ3) is 4.10. The number of aromatic nitrogens is 2. The number of hydrogen-bond acceptors (Lipinski definition) is 3. The molecule has 4 heteroatoms. The lowest BCUT2D eigenvalue weighted by Gasteiger charge is -2.08. The van der Waals surface area contributed by atoms with E-state index in [1.807, 2.05) is 24.7 Å². The van der Waals surface area contributed by atoms with Crippen LogP contribution in [0.25, 0.3) is 0 Å². The monoisotopic (exact) mass is 273 g/mol. The number of hydrogen-bond donors (Lipinski definition) is 1. The lowest BCUT2D eigenvalue weighted by molar-refractivity contribution is 0.414. The zero-order chi connectivity index (χ0) is 14.2. The van der Waals surface area contributed by atoms with Gasteiger partial charge >= 0.3 is 0 Å². The molecule has 0 aliphatic carbocycles. The summed E-state index contributed by atoms with van der Waals surface area (Å²) in [5, 5.41) is 3.47. The van der Waals surface area contributed by atoms with E-state index in [0.717, 1.165) is 38.2 Å². The fourth-order valence-corrected chi connectivity index (χ4v) is 2.21. The molecule has 1 N–H and O–H groups in total. The van der Waals surface area contributed by atoms with Gasteiger partial charge in [0.05, 0.1) is 19.1 Å². The summed E-state index contributed by atoms with van der Waals surface area (Å²) in [6.45, 7) is 5.03. The van der Waals surface area contributed by atoms with Crippen molar-refractivity contribution in [3.8, 4) is 5.75 Å². The Balaban J connectivity index is 1.77. The first kappa shape index (κ1) is 14.6. The first-order chi connectivity index (χ1) is 9.83. The van der Waals surface area contributed by atoms with Gasteiger partial charge in [0.25, 0.3) is 0 Å². The van der Waals surface area contributed by atoms with Gasteiger partial charge in [-0.1, -0.05) is 19.1 Å². The molecule has 0 radical (unpaired) electrons. The van der Waals surface area contributed by atoms with E-state index in [-0.39, 0.29) is 0 Å². The standard InChI is InChI=1S/C16H23N3O/c1-3-9-19-13-18-12-15(19)11-17-8-7-14-5-4-6-16(10-14)20-2/h4-6,10,12-13,17H,3,7-9,11H2,1-2H3. The van der Waals surface area contributed by atoms with Crippen LogP contribution >= 0.6 is 0 Å². The van der Waals surface area contributed by atoms with Crippen molar-refractivity contribution < 1.29 is 4.74 Å². The molecule has 1 aromatic heterocycles. The van der Waals surface area contributed by atoms with E-state index in [9.17, 15) is 0 Å². The highest BCUT2D eigenvalue weighted by atomic mass is 16.5. The molecule has 0 saturated carbocycles. The van der Waals surface area contributed by atoms with Crippen LogP contribution < -0.4 is 10.1 Å². The summed E-state index contributed by atoms with van der Waals surface area (Å²) in [4.78, 5) is 4.21. The Morgan fingerprint density at radius 2 is 2.25 bits per heavy atom. The molecule has 20 heavy (non-hydrogen) atoms. The third-order valence-corrected chi connectivity index (χ3v) is 3.29. The average molecular weight is 273 g/mol. The molecule has 0 fully saturated rings. The molecule has 1 heterocycles. The highest BCUT2D eigenvalue weighted by molar-refractivity contribution is 5.28. The lowest BCUT2D eigenvalue weighted by atomic mass is 10.1. The topological polar surface area (TPSA) is 39.1 Å². The molecule has 2 aromatic rings. The van der Waals surface area contributed by atoms with E-state index in [0.29, 0.717) is 0 Å². The van der Waals surface area contributed by atoms with Crippen LogP contribution in [0.4, 0.5) is 0 Å². The number of benzene rings is 1. The third-order valence-electron chi connectivity index (χ3n) is 3.29. The Bertz CT molecular complexity index is 522. The van der Waals surface area contributed by atoms with Gasteiger partial charge in [0, 0.05) is 19.3 Å². The van der Waals surface area contributed by atoms with Crippen LogP contribution in [0.2, 0.25) is 0 Å². The quantitative estimate of drug-likeness (QED) is 0.752. The fourth-order valence-electron chi connectivity index (χ4n) is 2.21. The van der Waals surface area contributed by atoms with Gasteiger partial charge in [-0.05, 0) is 37.1 Å². The van der Waals surface area contributed by atoms with E-state index in [1.54, 1.807) is 7.11 Å². The largest absolute Gasteiger partial charge is 0.497 e. The number of nitrogens with one attached hydrogen (secondary N) is 1. The second-order valence-corrected chi connectivity index (χ2v) is 4.86. The molecule has 0 aliphatic rings. The summed E-state index contributed by atoms with van der Waals surface area (Å²) in [7, 11) is 1.70. The maximum atomic E-state index is 5.23. The molecule has 4 nitrogen and oxygen atoms in total. The van der Waals surface area contributed by atoms with Crippen LogP contribution in [-0.4, -0.2) is 23.2 Å². The maximum Gasteiger partial charge on any atom is 0.119 e. The van der Waals surface area contributed by atoms with Crippen LogP contribution in [0.1, 0.15) is 24.6 Å². The van der Waals surface area contributed by atoms with Crippen molar-refractivity contribution in [2.45, 2.75) is 32.9 Å². The summed E-state index contributed by atoms with van der Waals surface area (Å²) < 4.78 is 7.44. The molecule has 0 bridgehead atoms. The maximum absolute atomic E-state index is 5.23. The molecular weight excluding hydrogens is 250 g/mol. The summed E-state index contributed by atoms with van der Waals surface area (Å²) in [5.41, 5.74) is 2.54. The van der Waals surface area contributed by atoms with E-state index >= 15 is 0 Å². The number of imidazole rings is 1. The predicted octanol–water partition coefficient (Wildman–Crippen LogP) is 2.63. The van der Waals surface area contributed by atoms with Gasteiger partial charge in [-0.2, -0.15) is 0 Å². The van der Waals surface area contributed by atoms with E-state index in [2.05, 4.69) is 33.9 Å². The number of methoxy groups -OCH3 is 1. The minimum atomic E-state index is 0.865. The molecule has 2 rings (SSSR count). The molecular formula is C16H23N3O. The first-order valence-electron chi connectivity index (χ1n) is 7.16. The van der Waals surface area contributed by atoms with E-state index < -0.39 is 0 Å². The van der Waals surface area contributed by atoms with Gasteiger partial charge in [-0.25, -0.2) is 4.98 Å². The lowest BCUT2D eigenvalue weighted by Crippen LogP contribution is -2.18. The Morgan fingerprint density at radius 1 is 1.35 bits per heavy atom. The van der Waals surface area contributed by atoms with Gasteiger partial charge in [-0.15, -0.1) is 0 Å². The van der Waals surface area contributed by atoms with E-state index in [1.165, 1.54) is 11.3 Å². The van der Waals surface area contributed by atoms with Crippen molar-refractivity contribution in [1.29, 1.82) is 0 Å². The SMILES string of the molecule is CCCn1cncc1CNCCc1cccc(OC)c1. The second-order valence-electron chi connectivity index (χ2n) is 4.86. The molecule has 0 aliphatic heterocycles. The molecule has 108 valence electrons. The van der Waals surface area contributed by atoms with Crippen molar-refractivity contribution in [1.82, 2.24) is 14.9 Å². The zero-order valence-electron chi connectivity index (χ0n) is 12.3. The fraction of sp³-hybridized carbons (Fsp3) is 0.438. The molecule has 1 aromatic carbocycles. The van der Waals surface area contributed by atoms with Crippen LogP contribution in [-0.2, 0) is 19.5 Å². The molecule has 0 spiro atoms. The van der Waals surface area contributed by atoms with Crippen molar-refractivity contribution in [3.05, 3.63) is 48.0 Å². The Hall–Kier alpha value is -1.81. The molecule has 0 atom stereocenters. The summed E-state index contributed by atoms with van der Waals surface area (Å²) in [6.07, 6.45) is 5.98. The minimum Gasteiger partial charge on any atom is -0.497 e. The van der Waals surface area contributed by atoms with Crippen molar-refractivity contribution >= 4 is 0 Å². The normalized spacial score (nSPS) is 10.7. The number of aryl methyl sites for hydroxylation is 1. The number of ether oxygens (including phenoxy) is 1. The zero-order valence-corrected chi connectivity index (χ0v) is 12.3. The van der Waals surface area contributed by atoms with Crippen LogP contribution in [0.3, 0.4) is 0 Å². The smallest absolute Gasteiger partial charge is 0.119 e. The number of rotatable bonds is 8. The number of nitrogens with zero attached hydrogens (tertiary/aromatic N) is 2. The van der Waals surface area contributed by atoms with Gasteiger partial charge < -0.3 is 14.6 Å². The Labute approximate surface area is 120 Å². The first-order valence-corrected chi connectivity index (χ1v) is 7.16. The highest BCUT2D eigenvalue weighted by Gasteiger charge is 2.01. The van der Waals surface area contributed by atoms with Gasteiger partial charge in [0.15, 0.2) is 0 Å². The summed E-state index contributed by atoms with van der Waals surface area (Å²) in [6, 6.07) is 8.22. The average Bonchev–Trinajstić information content (AvgIpc) is 2.92. The van der Waals surface area contributed by atoms with Crippen LogP contribution in [0.15, 0.2) is 36.8 Å². The predicted molar refractivity (Wildman–Crippen MR) is 80.9 cm³/mol. The Kier molecular flexibility index (Phi) is 5.62. The van der Waals surface area contributed by atoms with Crippen molar-refractivity contribution in [2.24, 2.45) is 0 Å². The van der Waals surface area contributed by atoms with Gasteiger partial charge in [0.1, 0.15) is 5.75 Å². The van der Waals surface area contributed by atoms with Gasteiger partial charge in [-0.3, -0.25) is 0 Å². The second kappa shape index (κ2) is 7.70. The minimum absolute atomic E-state index is 0.865. The highest BCUT2D eigenvalue weighted by Crippen LogP contribution is 2.12. The van der Waals surface area contributed by atoms with Crippen molar-refractivity contribution in [2.75, 3.05) is 13.7 Å². The molecule has 0 unspecified atom stereocenters. The summed E-state index contributed by atoms with van der Waals surface area (Å²) >= 11 is 0. The van der Waals surface area contributed by atoms with Crippen LogP contribution in [0.5, 0.6) is 5.75 Å². The van der Waals surface area contributed by atoms with Crippen LogP contribution in [0, 0.1) is 0 Å². The molecule has 0 amide bonds. The van der Waals surface area contributed by atoms with Crippen molar-refractivity contribution in [3.63, 3.8) is 0 Å². The molecule has 0 saturated heterocycles.